The lowest BCUT2D eigenvalue weighted by molar-refractivity contribution is -0.134. The predicted octanol–water partition coefficient (Wildman–Crippen LogP) is 2.79. The van der Waals surface area contributed by atoms with Gasteiger partial charge in [-0.15, -0.1) is 11.3 Å². The highest BCUT2D eigenvalue weighted by atomic mass is 32.2. The molecule has 1 aromatic carbocycles. The molecular formula is C18H24N4O2S2. The minimum Gasteiger partial charge on any atom is -0.352 e. The number of carbonyl (C=O) groups excluding carboxylic acids is 2. The number of thiazole rings is 1. The summed E-state index contributed by atoms with van der Waals surface area (Å²) in [5.74, 6) is 1.01. The van der Waals surface area contributed by atoms with Gasteiger partial charge in [-0.2, -0.15) is 11.8 Å². The van der Waals surface area contributed by atoms with Gasteiger partial charge in [-0.05, 0) is 43.4 Å². The van der Waals surface area contributed by atoms with Crippen LogP contribution in [0, 0.1) is 0 Å². The minimum absolute atomic E-state index is 0.0383. The Morgan fingerprint density at radius 2 is 2.27 bits per heavy atom. The minimum atomic E-state index is -0.649. The van der Waals surface area contributed by atoms with Gasteiger partial charge in [0.05, 0.1) is 15.2 Å². The van der Waals surface area contributed by atoms with E-state index in [0.29, 0.717) is 13.0 Å². The van der Waals surface area contributed by atoms with Gasteiger partial charge in [0.15, 0.2) is 0 Å². The van der Waals surface area contributed by atoms with Crippen LogP contribution in [0.4, 0.5) is 4.79 Å². The van der Waals surface area contributed by atoms with Crippen molar-refractivity contribution in [3.05, 3.63) is 29.3 Å². The van der Waals surface area contributed by atoms with Crippen molar-refractivity contribution in [2.75, 3.05) is 25.1 Å². The van der Waals surface area contributed by atoms with E-state index in [2.05, 4.69) is 11.4 Å². The van der Waals surface area contributed by atoms with Crippen molar-refractivity contribution in [3.63, 3.8) is 0 Å². The highest BCUT2D eigenvalue weighted by Gasteiger charge is 2.31. The monoisotopic (exact) mass is 392 g/mol. The highest BCUT2D eigenvalue weighted by Crippen LogP contribution is 2.33. The van der Waals surface area contributed by atoms with Gasteiger partial charge in [-0.1, -0.05) is 12.1 Å². The van der Waals surface area contributed by atoms with Gasteiger partial charge < -0.3 is 16.0 Å². The molecule has 3 N–H and O–H groups in total. The molecule has 0 unspecified atom stereocenters. The second kappa shape index (κ2) is 8.73. The van der Waals surface area contributed by atoms with Crippen molar-refractivity contribution in [3.8, 4) is 0 Å². The zero-order chi connectivity index (χ0) is 18.5. The third kappa shape index (κ3) is 4.48. The molecule has 3 amide bonds. The standard InChI is InChI=1S/C18H24N4O2S2/c1-25-10-8-14(21-18(19)24)17(23)22-9-4-5-12(11-22)16-20-13-6-2-3-7-15(13)26-16/h2-3,6-7,12,14H,4-5,8-11H2,1H3,(H3,19,21,24)/t12-,14+/m1/s1. The molecule has 1 aromatic heterocycles. The summed E-state index contributed by atoms with van der Waals surface area (Å²) >= 11 is 3.36. The summed E-state index contributed by atoms with van der Waals surface area (Å²) in [7, 11) is 0. The van der Waals surface area contributed by atoms with Crippen LogP contribution >= 0.6 is 23.1 Å². The molecule has 1 fully saturated rings. The fourth-order valence-corrected chi connectivity index (χ4v) is 4.89. The fraction of sp³-hybridized carbons (Fsp3) is 0.500. The average molecular weight is 393 g/mol. The maximum Gasteiger partial charge on any atom is 0.312 e. The van der Waals surface area contributed by atoms with Crippen LogP contribution in [-0.2, 0) is 4.79 Å². The average Bonchev–Trinajstić information content (AvgIpc) is 3.08. The number of aromatic nitrogens is 1. The highest BCUT2D eigenvalue weighted by molar-refractivity contribution is 7.98. The first kappa shape index (κ1) is 19.0. The molecule has 2 atom stereocenters. The van der Waals surface area contributed by atoms with Crippen LogP contribution in [0.1, 0.15) is 30.2 Å². The Morgan fingerprint density at radius 1 is 1.46 bits per heavy atom. The molecule has 140 valence electrons. The molecule has 0 spiro atoms. The van der Waals surface area contributed by atoms with E-state index in [-0.39, 0.29) is 11.8 Å². The van der Waals surface area contributed by atoms with Crippen molar-refractivity contribution >= 4 is 45.3 Å². The number of urea groups is 1. The number of nitrogens with zero attached hydrogens (tertiary/aromatic N) is 2. The summed E-state index contributed by atoms with van der Waals surface area (Å²) in [6, 6.07) is 6.92. The molecule has 0 saturated carbocycles. The molecule has 2 heterocycles. The van der Waals surface area contributed by atoms with Gasteiger partial charge >= 0.3 is 6.03 Å². The van der Waals surface area contributed by atoms with Crippen molar-refractivity contribution in [2.24, 2.45) is 5.73 Å². The number of likely N-dealkylation sites (tertiary alicyclic amines) is 1. The van der Waals surface area contributed by atoms with Crippen LogP contribution in [0.2, 0.25) is 0 Å². The van der Waals surface area contributed by atoms with Gasteiger partial charge in [0.2, 0.25) is 5.91 Å². The smallest absolute Gasteiger partial charge is 0.312 e. The number of piperidine rings is 1. The molecule has 1 aliphatic rings. The molecule has 0 radical (unpaired) electrons. The molecule has 6 nitrogen and oxygen atoms in total. The lowest BCUT2D eigenvalue weighted by atomic mass is 9.97. The van der Waals surface area contributed by atoms with E-state index in [1.807, 2.05) is 29.4 Å². The van der Waals surface area contributed by atoms with Gasteiger partial charge in [0.1, 0.15) is 6.04 Å². The summed E-state index contributed by atoms with van der Waals surface area (Å²) < 4.78 is 1.18. The van der Waals surface area contributed by atoms with Gasteiger partial charge in [0, 0.05) is 19.0 Å². The summed E-state index contributed by atoms with van der Waals surface area (Å²) in [5.41, 5.74) is 6.28. The van der Waals surface area contributed by atoms with E-state index >= 15 is 0 Å². The second-order valence-corrected chi connectivity index (χ2v) is 8.53. The first-order chi connectivity index (χ1) is 12.6. The first-order valence-electron chi connectivity index (χ1n) is 8.77. The second-order valence-electron chi connectivity index (χ2n) is 6.49. The number of rotatable bonds is 6. The topological polar surface area (TPSA) is 88.3 Å². The molecule has 3 rings (SSSR count). The third-order valence-corrected chi connectivity index (χ3v) is 6.46. The number of primary amides is 1. The number of nitrogens with two attached hydrogens (primary N) is 1. The number of hydrogen-bond acceptors (Lipinski definition) is 5. The Kier molecular flexibility index (Phi) is 6.37. The SMILES string of the molecule is CSCC[C@H](NC(N)=O)C(=O)N1CCC[C@@H](c2nc3ccccc3s2)C1. The van der Waals surface area contributed by atoms with E-state index in [0.717, 1.165) is 35.7 Å². The lowest BCUT2D eigenvalue weighted by Gasteiger charge is -2.34. The van der Waals surface area contributed by atoms with Crippen molar-refractivity contribution < 1.29 is 9.59 Å². The molecule has 1 aliphatic heterocycles. The van der Waals surface area contributed by atoms with Crippen LogP contribution in [0.5, 0.6) is 0 Å². The van der Waals surface area contributed by atoms with E-state index < -0.39 is 12.1 Å². The summed E-state index contributed by atoms with van der Waals surface area (Å²) in [5, 5.41) is 3.70. The number of para-hydroxylation sites is 1. The van der Waals surface area contributed by atoms with Crippen LogP contribution in [-0.4, -0.2) is 53.0 Å². The Hall–Kier alpha value is -1.80. The van der Waals surface area contributed by atoms with Crippen molar-refractivity contribution in [1.29, 1.82) is 0 Å². The van der Waals surface area contributed by atoms with Crippen LogP contribution in [0.15, 0.2) is 24.3 Å². The van der Waals surface area contributed by atoms with E-state index in [1.165, 1.54) is 4.70 Å². The van der Waals surface area contributed by atoms with Crippen molar-refractivity contribution in [1.82, 2.24) is 15.2 Å². The molecule has 1 saturated heterocycles. The number of benzene rings is 1. The molecule has 0 bridgehead atoms. The largest absolute Gasteiger partial charge is 0.352 e. The normalized spacial score (nSPS) is 18.7. The Morgan fingerprint density at radius 3 is 3.00 bits per heavy atom. The third-order valence-electron chi connectivity index (χ3n) is 4.62. The van der Waals surface area contributed by atoms with Gasteiger partial charge in [-0.3, -0.25) is 4.79 Å². The maximum absolute atomic E-state index is 12.9. The predicted molar refractivity (Wildman–Crippen MR) is 108 cm³/mol. The van der Waals surface area contributed by atoms with E-state index in [4.69, 9.17) is 10.7 Å². The number of hydrogen-bond donors (Lipinski definition) is 2. The Balaban J connectivity index is 1.71. The molecule has 8 heteroatoms. The molecule has 2 aromatic rings. The van der Waals surface area contributed by atoms with Crippen molar-refractivity contribution in [2.45, 2.75) is 31.2 Å². The summed E-state index contributed by atoms with van der Waals surface area (Å²) in [6.07, 6.45) is 4.54. The Labute approximate surface area is 161 Å². The number of carbonyl (C=O) groups is 2. The molecule has 0 aliphatic carbocycles. The maximum atomic E-state index is 12.9. The van der Waals surface area contributed by atoms with Crippen LogP contribution in [0.25, 0.3) is 10.2 Å². The number of fused-ring (bicyclic) bond motifs is 1. The zero-order valence-corrected chi connectivity index (χ0v) is 16.4. The zero-order valence-electron chi connectivity index (χ0n) is 14.8. The fourth-order valence-electron chi connectivity index (χ4n) is 3.33. The van der Waals surface area contributed by atoms with Gasteiger partial charge in [0.25, 0.3) is 0 Å². The van der Waals surface area contributed by atoms with E-state index in [9.17, 15) is 9.59 Å². The number of thioether (sulfide) groups is 1. The first-order valence-corrected chi connectivity index (χ1v) is 11.0. The lowest BCUT2D eigenvalue weighted by Crippen LogP contribution is -2.52. The number of nitrogens with one attached hydrogen (secondary N) is 1. The molecular weight excluding hydrogens is 368 g/mol. The van der Waals surface area contributed by atoms with E-state index in [1.54, 1.807) is 23.1 Å². The van der Waals surface area contributed by atoms with Crippen LogP contribution < -0.4 is 11.1 Å². The summed E-state index contributed by atoms with van der Waals surface area (Å²) in [6.45, 7) is 1.37. The van der Waals surface area contributed by atoms with Gasteiger partial charge in [-0.25, -0.2) is 9.78 Å². The quantitative estimate of drug-likeness (QED) is 0.791. The van der Waals surface area contributed by atoms with Crippen LogP contribution in [0.3, 0.4) is 0 Å². The number of amides is 3. The molecule has 26 heavy (non-hydrogen) atoms. The Bertz CT molecular complexity index is 746. The summed E-state index contributed by atoms with van der Waals surface area (Å²) in [4.78, 5) is 30.8.